The monoisotopic (exact) mass is 516 g/mol. The summed E-state index contributed by atoms with van der Waals surface area (Å²) in [6.45, 7) is 2.92. The molecule has 0 radical (unpaired) electrons. The number of carbonyl (C=O) groups is 1. The van der Waals surface area contributed by atoms with E-state index in [0.29, 0.717) is 47.0 Å². The molecule has 6 rings (SSSR count). The van der Waals surface area contributed by atoms with Crippen molar-refractivity contribution in [1.82, 2.24) is 34.8 Å². The molecule has 6 heterocycles. The van der Waals surface area contributed by atoms with Gasteiger partial charge in [0.2, 0.25) is 11.5 Å². The number of carbonyl (C=O) groups excluding carboxylic acids is 1. The molecule has 0 unspecified atom stereocenters. The first kappa shape index (κ1) is 24.2. The second-order valence-corrected chi connectivity index (χ2v) is 9.69. The van der Waals surface area contributed by atoms with E-state index in [4.69, 9.17) is 9.26 Å². The number of hydrogen-bond acceptors (Lipinski definition) is 10. The van der Waals surface area contributed by atoms with E-state index in [-0.39, 0.29) is 12.2 Å². The minimum absolute atomic E-state index is 0.110. The number of pyridine rings is 1. The van der Waals surface area contributed by atoms with Crippen LogP contribution in [-0.4, -0.2) is 72.6 Å². The van der Waals surface area contributed by atoms with Crippen LogP contribution < -0.4 is 5.32 Å². The maximum absolute atomic E-state index is 12.4. The molecule has 4 aromatic rings. The fraction of sp³-hybridized carbons (Fsp3) is 0.385. The number of likely N-dealkylation sites (tertiary alicyclic amines) is 1. The number of nitrogens with zero attached hydrogens (tertiary/aromatic N) is 7. The van der Waals surface area contributed by atoms with Gasteiger partial charge in [0.25, 0.3) is 5.91 Å². The SMILES string of the molecule is CN1CC[C@@](O)(c2cc(-c3cccc(-c4ccnc(Nc5ccn(CC6CCOCC6)n5)n4)n3)no2)C1=O. The van der Waals surface area contributed by atoms with E-state index in [1.165, 1.54) is 4.90 Å². The third-order valence-corrected chi connectivity index (χ3v) is 7.02. The summed E-state index contributed by atoms with van der Waals surface area (Å²) in [5.74, 6) is 1.34. The quantitative estimate of drug-likeness (QED) is 0.376. The van der Waals surface area contributed by atoms with Gasteiger partial charge in [0.05, 0.1) is 17.1 Å². The summed E-state index contributed by atoms with van der Waals surface area (Å²) in [7, 11) is 1.65. The van der Waals surface area contributed by atoms with E-state index in [9.17, 15) is 9.90 Å². The number of hydrogen-bond donors (Lipinski definition) is 2. The Morgan fingerprint density at radius 3 is 2.68 bits per heavy atom. The van der Waals surface area contributed by atoms with Crippen LogP contribution in [-0.2, 0) is 21.7 Å². The zero-order chi connectivity index (χ0) is 26.1. The van der Waals surface area contributed by atoms with Gasteiger partial charge in [0, 0.05) is 64.3 Å². The van der Waals surface area contributed by atoms with Crippen LogP contribution in [0.4, 0.5) is 11.8 Å². The fourth-order valence-corrected chi connectivity index (χ4v) is 4.79. The van der Waals surface area contributed by atoms with Crippen molar-refractivity contribution in [2.75, 3.05) is 32.1 Å². The summed E-state index contributed by atoms with van der Waals surface area (Å²) in [5, 5.41) is 22.7. The van der Waals surface area contributed by atoms with E-state index < -0.39 is 11.5 Å². The lowest BCUT2D eigenvalue weighted by Gasteiger charge is -2.21. The van der Waals surface area contributed by atoms with E-state index in [0.717, 1.165) is 32.6 Å². The highest BCUT2D eigenvalue weighted by atomic mass is 16.5. The summed E-state index contributed by atoms with van der Waals surface area (Å²) < 4.78 is 12.7. The molecule has 196 valence electrons. The fourth-order valence-electron chi connectivity index (χ4n) is 4.79. The summed E-state index contributed by atoms with van der Waals surface area (Å²) in [5.41, 5.74) is 0.460. The molecule has 0 bridgehead atoms. The maximum Gasteiger partial charge on any atom is 0.262 e. The topological polar surface area (TPSA) is 144 Å². The molecular weight excluding hydrogens is 488 g/mol. The van der Waals surface area contributed by atoms with Crippen molar-refractivity contribution in [3.8, 4) is 22.8 Å². The van der Waals surface area contributed by atoms with Crippen molar-refractivity contribution in [1.29, 1.82) is 0 Å². The Bertz CT molecular complexity index is 1450. The number of nitrogens with one attached hydrogen (secondary N) is 1. The van der Waals surface area contributed by atoms with E-state index in [1.54, 1.807) is 31.4 Å². The van der Waals surface area contributed by atoms with Gasteiger partial charge in [-0.2, -0.15) is 5.10 Å². The number of ether oxygens (including phenoxy) is 1. The lowest BCUT2D eigenvalue weighted by molar-refractivity contribution is -0.144. The highest BCUT2D eigenvalue weighted by Crippen LogP contribution is 2.34. The largest absolute Gasteiger partial charge is 0.381 e. The van der Waals surface area contributed by atoms with Crippen molar-refractivity contribution in [3.05, 3.63) is 54.6 Å². The number of aromatic nitrogens is 6. The Morgan fingerprint density at radius 2 is 1.89 bits per heavy atom. The molecule has 1 amide bonds. The van der Waals surface area contributed by atoms with Gasteiger partial charge in [-0.15, -0.1) is 0 Å². The molecule has 0 aromatic carbocycles. The number of likely N-dealkylation sites (N-methyl/N-ethyl adjacent to an activating group) is 1. The summed E-state index contributed by atoms with van der Waals surface area (Å²) >= 11 is 0. The average molecular weight is 517 g/mol. The van der Waals surface area contributed by atoms with Crippen molar-refractivity contribution in [2.45, 2.75) is 31.4 Å². The smallest absolute Gasteiger partial charge is 0.262 e. The predicted molar refractivity (Wildman–Crippen MR) is 136 cm³/mol. The average Bonchev–Trinajstić information content (AvgIpc) is 3.68. The van der Waals surface area contributed by atoms with E-state index in [2.05, 4.69) is 30.5 Å². The van der Waals surface area contributed by atoms with Crippen LogP contribution in [0.3, 0.4) is 0 Å². The molecule has 0 aliphatic carbocycles. The van der Waals surface area contributed by atoms with Crippen LogP contribution in [0.2, 0.25) is 0 Å². The van der Waals surface area contributed by atoms with Gasteiger partial charge < -0.3 is 24.6 Å². The summed E-state index contributed by atoms with van der Waals surface area (Å²) in [6.07, 6.45) is 5.95. The maximum atomic E-state index is 12.4. The Hall–Kier alpha value is -4.16. The molecule has 12 heteroatoms. The standard InChI is InChI=1S/C26H28N8O4/c1-33-12-9-26(36,24(33)35)22-15-21(32-38-22)19-4-2-3-18(28-19)20-5-10-27-25(29-20)30-23-6-11-34(31-23)16-17-7-13-37-14-8-17/h2-6,10-11,15,17,36H,7-9,12-14,16H2,1H3,(H,27,29,30,31)/t26-/m1/s1. The molecule has 0 spiro atoms. The molecule has 2 aliphatic rings. The van der Waals surface area contributed by atoms with Crippen LogP contribution in [0.5, 0.6) is 0 Å². The molecule has 2 N–H and O–H groups in total. The van der Waals surface area contributed by atoms with Crippen LogP contribution in [0.1, 0.15) is 25.0 Å². The van der Waals surface area contributed by atoms with Crippen LogP contribution in [0.15, 0.2) is 53.3 Å². The highest BCUT2D eigenvalue weighted by Gasteiger charge is 2.48. The molecule has 0 saturated carbocycles. The summed E-state index contributed by atoms with van der Waals surface area (Å²) in [4.78, 5) is 27.5. The third-order valence-electron chi connectivity index (χ3n) is 7.02. The molecule has 2 saturated heterocycles. The zero-order valence-electron chi connectivity index (χ0n) is 20.9. The highest BCUT2D eigenvalue weighted by molar-refractivity contribution is 5.87. The first-order valence-corrected chi connectivity index (χ1v) is 12.6. The zero-order valence-corrected chi connectivity index (χ0v) is 20.9. The molecule has 2 fully saturated rings. The molecule has 4 aromatic heterocycles. The van der Waals surface area contributed by atoms with Gasteiger partial charge in [0.15, 0.2) is 11.6 Å². The Kier molecular flexibility index (Phi) is 6.34. The third kappa shape index (κ3) is 4.75. The predicted octanol–water partition coefficient (Wildman–Crippen LogP) is 2.61. The van der Waals surface area contributed by atoms with Gasteiger partial charge in [0.1, 0.15) is 5.69 Å². The van der Waals surface area contributed by atoms with Crippen LogP contribution >= 0.6 is 0 Å². The minimum Gasteiger partial charge on any atom is -0.381 e. The van der Waals surface area contributed by atoms with Gasteiger partial charge in [-0.25, -0.2) is 15.0 Å². The van der Waals surface area contributed by atoms with Gasteiger partial charge in [-0.05, 0) is 37.0 Å². The molecule has 12 nitrogen and oxygen atoms in total. The van der Waals surface area contributed by atoms with Crippen LogP contribution in [0.25, 0.3) is 22.8 Å². The van der Waals surface area contributed by atoms with E-state index in [1.807, 2.05) is 29.1 Å². The second-order valence-electron chi connectivity index (χ2n) is 9.69. The lowest BCUT2D eigenvalue weighted by Crippen LogP contribution is -2.35. The van der Waals surface area contributed by atoms with Crippen molar-refractivity contribution in [2.24, 2.45) is 5.92 Å². The van der Waals surface area contributed by atoms with Crippen molar-refractivity contribution >= 4 is 17.7 Å². The first-order chi connectivity index (χ1) is 18.5. The van der Waals surface area contributed by atoms with Crippen molar-refractivity contribution in [3.63, 3.8) is 0 Å². The molecule has 2 aliphatic heterocycles. The number of anilines is 2. The number of amides is 1. The van der Waals surface area contributed by atoms with Gasteiger partial charge in [-0.3, -0.25) is 9.48 Å². The number of rotatable bonds is 7. The molecule has 1 atom stereocenters. The Balaban J connectivity index is 1.18. The van der Waals surface area contributed by atoms with E-state index >= 15 is 0 Å². The lowest BCUT2D eigenvalue weighted by atomic mass is 9.98. The second kappa shape index (κ2) is 9.95. The van der Waals surface area contributed by atoms with Gasteiger partial charge >= 0.3 is 0 Å². The first-order valence-electron chi connectivity index (χ1n) is 12.6. The Labute approximate surface area is 218 Å². The number of aliphatic hydroxyl groups is 1. The Morgan fingerprint density at radius 1 is 1.11 bits per heavy atom. The summed E-state index contributed by atoms with van der Waals surface area (Å²) in [6, 6.07) is 10.7. The molecule has 38 heavy (non-hydrogen) atoms. The normalized spacial score (nSPS) is 20.3. The molecular formula is C26H28N8O4. The van der Waals surface area contributed by atoms with Crippen LogP contribution in [0, 0.1) is 5.92 Å². The minimum atomic E-state index is -1.71. The van der Waals surface area contributed by atoms with Crippen molar-refractivity contribution < 1.29 is 19.2 Å². The van der Waals surface area contributed by atoms with Gasteiger partial charge in [-0.1, -0.05) is 11.2 Å².